The minimum absolute atomic E-state index is 0. The molecule has 1 aromatic rings. The quantitative estimate of drug-likeness (QED) is 0.836. The molecule has 18 heavy (non-hydrogen) atoms. The number of aliphatic hydroxyl groups excluding tert-OH is 1. The molecule has 2 rings (SSSR count). The fourth-order valence-corrected chi connectivity index (χ4v) is 1.84. The highest BCUT2D eigenvalue weighted by molar-refractivity contribution is 5.89. The van der Waals surface area contributed by atoms with Gasteiger partial charge in [-0.05, 0) is 18.4 Å². The maximum atomic E-state index is 12.1. The van der Waals surface area contributed by atoms with Gasteiger partial charge in [0.15, 0.2) is 0 Å². The molecule has 5 heteroatoms. The predicted molar refractivity (Wildman–Crippen MR) is 72.3 cm³/mol. The minimum atomic E-state index is -0.663. The summed E-state index contributed by atoms with van der Waals surface area (Å²) in [5, 5.41) is 9.02. The summed E-state index contributed by atoms with van der Waals surface area (Å²) >= 11 is 0. The van der Waals surface area contributed by atoms with Gasteiger partial charge in [-0.1, -0.05) is 30.3 Å². The molecule has 1 saturated carbocycles. The van der Waals surface area contributed by atoms with Gasteiger partial charge in [0.1, 0.15) is 0 Å². The van der Waals surface area contributed by atoms with Crippen LogP contribution in [0.5, 0.6) is 0 Å². The topological polar surface area (TPSA) is 66.6 Å². The molecular formula is C13H19ClN2O2. The van der Waals surface area contributed by atoms with E-state index in [9.17, 15) is 4.79 Å². The van der Waals surface area contributed by atoms with Crippen molar-refractivity contribution >= 4 is 18.3 Å². The molecule has 1 amide bonds. The van der Waals surface area contributed by atoms with Crippen LogP contribution in [0.15, 0.2) is 30.3 Å². The molecule has 0 heterocycles. The van der Waals surface area contributed by atoms with Crippen LogP contribution in [-0.4, -0.2) is 34.6 Å². The summed E-state index contributed by atoms with van der Waals surface area (Å²) in [6.45, 7) is 0.820. The SMILES string of the molecule is Cl.NC1(C(=O)N(CCO)Cc2ccccc2)CC1. The van der Waals surface area contributed by atoms with Crippen molar-refractivity contribution in [3.63, 3.8) is 0 Å². The Morgan fingerprint density at radius 2 is 1.94 bits per heavy atom. The number of hydrogen-bond acceptors (Lipinski definition) is 3. The van der Waals surface area contributed by atoms with Crippen molar-refractivity contribution in [2.75, 3.05) is 13.2 Å². The molecule has 0 aromatic heterocycles. The van der Waals surface area contributed by atoms with E-state index < -0.39 is 5.54 Å². The average Bonchev–Trinajstić information content (AvgIpc) is 3.09. The van der Waals surface area contributed by atoms with E-state index in [0.717, 1.165) is 18.4 Å². The third-order valence-electron chi connectivity index (χ3n) is 3.09. The standard InChI is InChI=1S/C13H18N2O2.ClH/c14-13(6-7-13)12(17)15(8-9-16)10-11-4-2-1-3-5-11;/h1-5,16H,6-10,14H2;1H. The molecule has 4 nitrogen and oxygen atoms in total. The lowest BCUT2D eigenvalue weighted by Gasteiger charge is -2.25. The second kappa shape index (κ2) is 6.18. The number of nitrogens with zero attached hydrogens (tertiary/aromatic N) is 1. The molecule has 1 fully saturated rings. The zero-order chi connectivity index (χ0) is 12.3. The van der Waals surface area contributed by atoms with Crippen LogP contribution in [0, 0.1) is 0 Å². The van der Waals surface area contributed by atoms with E-state index in [4.69, 9.17) is 10.8 Å². The maximum Gasteiger partial charge on any atom is 0.243 e. The highest BCUT2D eigenvalue weighted by Gasteiger charge is 2.47. The molecule has 0 saturated heterocycles. The molecule has 1 aliphatic rings. The van der Waals surface area contributed by atoms with Gasteiger partial charge in [0, 0.05) is 13.1 Å². The van der Waals surface area contributed by atoms with Crippen LogP contribution in [0.2, 0.25) is 0 Å². The molecule has 0 radical (unpaired) electrons. The van der Waals surface area contributed by atoms with Crippen LogP contribution in [0.3, 0.4) is 0 Å². The summed E-state index contributed by atoms with van der Waals surface area (Å²) in [6, 6.07) is 9.74. The first-order valence-corrected chi connectivity index (χ1v) is 5.89. The highest BCUT2D eigenvalue weighted by atomic mass is 35.5. The highest BCUT2D eigenvalue weighted by Crippen LogP contribution is 2.34. The molecule has 0 aliphatic heterocycles. The van der Waals surface area contributed by atoms with Crippen LogP contribution >= 0.6 is 12.4 Å². The normalized spacial score (nSPS) is 15.7. The van der Waals surface area contributed by atoms with Crippen molar-refractivity contribution in [1.29, 1.82) is 0 Å². The number of carbonyl (C=O) groups excluding carboxylic acids is 1. The van der Waals surface area contributed by atoms with Gasteiger partial charge in [-0.25, -0.2) is 0 Å². The van der Waals surface area contributed by atoms with E-state index >= 15 is 0 Å². The Labute approximate surface area is 113 Å². The van der Waals surface area contributed by atoms with Crippen LogP contribution in [0.25, 0.3) is 0 Å². The van der Waals surface area contributed by atoms with E-state index in [-0.39, 0.29) is 24.9 Å². The summed E-state index contributed by atoms with van der Waals surface area (Å²) in [6.07, 6.45) is 1.51. The van der Waals surface area contributed by atoms with Gasteiger partial charge in [0.25, 0.3) is 0 Å². The van der Waals surface area contributed by atoms with Crippen LogP contribution < -0.4 is 5.73 Å². The minimum Gasteiger partial charge on any atom is -0.395 e. The smallest absolute Gasteiger partial charge is 0.243 e. The van der Waals surface area contributed by atoms with Crippen LogP contribution in [0.4, 0.5) is 0 Å². The van der Waals surface area contributed by atoms with Crippen LogP contribution in [0.1, 0.15) is 18.4 Å². The third-order valence-corrected chi connectivity index (χ3v) is 3.09. The lowest BCUT2D eigenvalue weighted by Crippen LogP contribution is -2.46. The van der Waals surface area contributed by atoms with Gasteiger partial charge in [-0.2, -0.15) is 0 Å². The first kappa shape index (κ1) is 15.0. The molecule has 0 spiro atoms. The van der Waals surface area contributed by atoms with Gasteiger partial charge in [0.05, 0.1) is 12.1 Å². The Hall–Kier alpha value is -1.10. The Kier molecular flexibility index (Phi) is 5.14. The Morgan fingerprint density at radius 3 is 2.44 bits per heavy atom. The van der Waals surface area contributed by atoms with E-state index in [2.05, 4.69) is 0 Å². The predicted octanol–water partition coefficient (Wildman–Crippen LogP) is 0.921. The number of aliphatic hydroxyl groups is 1. The second-order valence-corrected chi connectivity index (χ2v) is 4.59. The fourth-order valence-electron chi connectivity index (χ4n) is 1.84. The molecule has 0 unspecified atom stereocenters. The van der Waals surface area contributed by atoms with Crippen molar-refractivity contribution < 1.29 is 9.90 Å². The van der Waals surface area contributed by atoms with Gasteiger partial charge < -0.3 is 15.7 Å². The first-order valence-electron chi connectivity index (χ1n) is 5.89. The molecule has 1 aromatic carbocycles. The summed E-state index contributed by atoms with van der Waals surface area (Å²) in [5.74, 6) is -0.0459. The summed E-state index contributed by atoms with van der Waals surface area (Å²) in [5.41, 5.74) is 6.29. The number of rotatable bonds is 5. The second-order valence-electron chi connectivity index (χ2n) is 4.59. The Morgan fingerprint density at radius 1 is 1.33 bits per heavy atom. The van der Waals surface area contributed by atoms with Crippen molar-refractivity contribution in [2.45, 2.75) is 24.9 Å². The molecule has 0 bridgehead atoms. The van der Waals surface area contributed by atoms with Crippen molar-refractivity contribution in [3.8, 4) is 0 Å². The summed E-state index contributed by atoms with van der Waals surface area (Å²) in [4.78, 5) is 13.8. The zero-order valence-corrected chi connectivity index (χ0v) is 11.0. The number of carbonyl (C=O) groups is 1. The van der Waals surface area contributed by atoms with Crippen molar-refractivity contribution in [1.82, 2.24) is 4.90 Å². The lowest BCUT2D eigenvalue weighted by atomic mass is 10.2. The molecule has 0 atom stereocenters. The number of benzene rings is 1. The largest absolute Gasteiger partial charge is 0.395 e. The monoisotopic (exact) mass is 270 g/mol. The van der Waals surface area contributed by atoms with E-state index in [1.165, 1.54) is 0 Å². The third kappa shape index (κ3) is 3.45. The van der Waals surface area contributed by atoms with Gasteiger partial charge >= 0.3 is 0 Å². The van der Waals surface area contributed by atoms with Gasteiger partial charge in [0.2, 0.25) is 5.91 Å². The Balaban J connectivity index is 0.00000162. The van der Waals surface area contributed by atoms with Gasteiger partial charge in [-0.15, -0.1) is 12.4 Å². The number of amides is 1. The van der Waals surface area contributed by atoms with Crippen molar-refractivity contribution in [2.24, 2.45) is 5.73 Å². The van der Waals surface area contributed by atoms with E-state index in [0.29, 0.717) is 13.1 Å². The molecule has 100 valence electrons. The summed E-state index contributed by atoms with van der Waals surface area (Å²) in [7, 11) is 0. The van der Waals surface area contributed by atoms with E-state index in [1.54, 1.807) is 4.90 Å². The van der Waals surface area contributed by atoms with E-state index in [1.807, 2.05) is 30.3 Å². The fraction of sp³-hybridized carbons (Fsp3) is 0.462. The molecule has 1 aliphatic carbocycles. The first-order chi connectivity index (χ1) is 8.15. The number of hydrogen-bond donors (Lipinski definition) is 2. The maximum absolute atomic E-state index is 12.1. The zero-order valence-electron chi connectivity index (χ0n) is 10.2. The molecule has 3 N–H and O–H groups in total. The average molecular weight is 271 g/mol. The number of halogens is 1. The lowest BCUT2D eigenvalue weighted by molar-refractivity contribution is -0.134. The Bertz CT molecular complexity index is 393. The van der Waals surface area contributed by atoms with Crippen molar-refractivity contribution in [3.05, 3.63) is 35.9 Å². The summed E-state index contributed by atoms with van der Waals surface area (Å²) < 4.78 is 0. The van der Waals surface area contributed by atoms with Crippen LogP contribution in [-0.2, 0) is 11.3 Å². The number of nitrogens with two attached hydrogens (primary N) is 1. The molecular weight excluding hydrogens is 252 g/mol. The van der Waals surface area contributed by atoms with Gasteiger partial charge in [-0.3, -0.25) is 4.79 Å².